The monoisotopic (exact) mass is 225 g/mol. The van der Waals surface area contributed by atoms with Gasteiger partial charge in [-0.3, -0.25) is 4.90 Å². The average Bonchev–Trinajstić information content (AvgIpc) is 2.46. The highest BCUT2D eigenvalue weighted by molar-refractivity contribution is 7.19. The minimum absolute atomic E-state index is 0.555. The molecule has 1 spiro atoms. The molecule has 0 aromatic heterocycles. The van der Waals surface area contributed by atoms with Gasteiger partial charge in [0.15, 0.2) is 0 Å². The Hall–Kier alpha value is 0.390. The van der Waals surface area contributed by atoms with Gasteiger partial charge >= 0.3 is 0 Å². The predicted octanol–water partition coefficient (Wildman–Crippen LogP) is 2.90. The fourth-order valence-corrected chi connectivity index (χ4v) is 5.00. The van der Waals surface area contributed by atoms with Crippen LogP contribution < -0.4 is 0 Å². The Balaban J connectivity index is 1.90. The fourth-order valence-electron chi connectivity index (χ4n) is 4.42. The third-order valence-corrected chi connectivity index (χ3v) is 6.49. The molecular formula is C13H24NP. The van der Waals surface area contributed by atoms with E-state index in [1.807, 2.05) is 0 Å². The smallest absolute Gasteiger partial charge is 0.0239 e. The normalized spacial score (nSPS) is 54.2. The lowest BCUT2D eigenvalue weighted by atomic mass is 9.79. The summed E-state index contributed by atoms with van der Waals surface area (Å²) in [7, 11) is 3.12. The summed E-state index contributed by atoms with van der Waals surface area (Å²) in [4.78, 5) is 2.83. The first-order valence-electron chi connectivity index (χ1n) is 6.46. The molecule has 3 fully saturated rings. The molecule has 0 bridgehead atoms. The number of nitrogens with zero attached hydrogens (tertiary/aromatic N) is 1. The largest absolute Gasteiger partial charge is 0.297 e. The zero-order chi connectivity index (χ0) is 10.9. The number of hydrogen-bond donors (Lipinski definition) is 0. The predicted molar refractivity (Wildman–Crippen MR) is 68.2 cm³/mol. The van der Waals surface area contributed by atoms with E-state index < -0.39 is 0 Å². The third kappa shape index (κ3) is 1.17. The lowest BCUT2D eigenvalue weighted by Gasteiger charge is -2.36. The van der Waals surface area contributed by atoms with Gasteiger partial charge in [-0.05, 0) is 48.7 Å². The molecule has 1 saturated carbocycles. The van der Waals surface area contributed by atoms with Crippen molar-refractivity contribution in [2.24, 2.45) is 11.3 Å². The minimum atomic E-state index is 0.555. The second kappa shape index (κ2) is 2.79. The van der Waals surface area contributed by atoms with E-state index in [9.17, 15) is 0 Å². The molecule has 2 saturated heterocycles. The maximum absolute atomic E-state index is 3.12. The Morgan fingerprint density at radius 3 is 2.40 bits per heavy atom. The van der Waals surface area contributed by atoms with Crippen LogP contribution in [0.5, 0.6) is 0 Å². The van der Waals surface area contributed by atoms with Gasteiger partial charge in [-0.1, -0.05) is 20.8 Å². The van der Waals surface area contributed by atoms with Crippen molar-refractivity contribution in [2.45, 2.75) is 57.1 Å². The average molecular weight is 225 g/mol. The van der Waals surface area contributed by atoms with Gasteiger partial charge in [-0.2, -0.15) is 0 Å². The first-order valence-corrected chi connectivity index (χ1v) is 7.04. The Morgan fingerprint density at radius 1 is 1.27 bits per heavy atom. The van der Waals surface area contributed by atoms with Crippen LogP contribution in [0.15, 0.2) is 0 Å². The minimum Gasteiger partial charge on any atom is -0.297 e. The van der Waals surface area contributed by atoms with Crippen molar-refractivity contribution in [3.8, 4) is 0 Å². The van der Waals surface area contributed by atoms with Gasteiger partial charge in [0.25, 0.3) is 0 Å². The van der Waals surface area contributed by atoms with Gasteiger partial charge < -0.3 is 0 Å². The standard InChI is InChI=1S/C13H24NP/c1-10(2)13-5-4-6-14(13)9-12(8-13)7-11(12,3)15/h10H,4-9,15H2,1-3H3. The summed E-state index contributed by atoms with van der Waals surface area (Å²) in [6.45, 7) is 10.0. The van der Waals surface area contributed by atoms with Gasteiger partial charge in [-0.25, -0.2) is 0 Å². The molecule has 3 aliphatic rings. The van der Waals surface area contributed by atoms with Crippen molar-refractivity contribution >= 4 is 9.24 Å². The molecule has 15 heavy (non-hydrogen) atoms. The quantitative estimate of drug-likeness (QED) is 0.620. The maximum atomic E-state index is 3.12. The molecular weight excluding hydrogens is 201 g/mol. The molecule has 4 atom stereocenters. The Kier molecular flexibility index (Phi) is 1.96. The van der Waals surface area contributed by atoms with Gasteiger partial charge in [0.05, 0.1) is 0 Å². The summed E-state index contributed by atoms with van der Waals surface area (Å²) >= 11 is 0. The molecule has 2 heterocycles. The highest BCUT2D eigenvalue weighted by Gasteiger charge is 2.70. The highest BCUT2D eigenvalue weighted by atomic mass is 31.0. The molecule has 1 aliphatic carbocycles. The van der Waals surface area contributed by atoms with Gasteiger partial charge in [0.1, 0.15) is 0 Å². The van der Waals surface area contributed by atoms with Crippen LogP contribution in [0.25, 0.3) is 0 Å². The van der Waals surface area contributed by atoms with Crippen molar-refractivity contribution in [1.29, 1.82) is 0 Å². The first-order chi connectivity index (χ1) is 6.92. The number of fused-ring (bicyclic) bond motifs is 1. The van der Waals surface area contributed by atoms with Crippen LogP contribution in [-0.4, -0.2) is 28.7 Å². The summed E-state index contributed by atoms with van der Waals surface area (Å²) in [5.74, 6) is 0.834. The van der Waals surface area contributed by atoms with Crippen LogP contribution in [0.4, 0.5) is 0 Å². The summed E-state index contributed by atoms with van der Waals surface area (Å²) in [6.07, 6.45) is 5.79. The van der Waals surface area contributed by atoms with E-state index in [4.69, 9.17) is 0 Å². The second-order valence-corrected chi connectivity index (χ2v) is 8.11. The van der Waals surface area contributed by atoms with Crippen molar-refractivity contribution in [1.82, 2.24) is 4.90 Å². The molecule has 0 radical (unpaired) electrons. The van der Waals surface area contributed by atoms with Crippen molar-refractivity contribution in [3.05, 3.63) is 0 Å². The zero-order valence-corrected chi connectivity index (χ0v) is 11.5. The fraction of sp³-hybridized carbons (Fsp3) is 1.00. The van der Waals surface area contributed by atoms with E-state index in [-0.39, 0.29) is 0 Å². The highest BCUT2D eigenvalue weighted by Crippen LogP contribution is 2.71. The third-order valence-electron chi connectivity index (χ3n) is 5.67. The van der Waals surface area contributed by atoms with Crippen molar-refractivity contribution < 1.29 is 0 Å². The zero-order valence-electron chi connectivity index (χ0n) is 10.3. The summed E-state index contributed by atoms with van der Waals surface area (Å²) < 4.78 is 0. The first kappa shape index (κ1) is 10.5. The van der Waals surface area contributed by atoms with Crippen LogP contribution in [0, 0.1) is 11.3 Å². The summed E-state index contributed by atoms with van der Waals surface area (Å²) in [5.41, 5.74) is 1.25. The van der Waals surface area contributed by atoms with Crippen LogP contribution >= 0.6 is 9.24 Å². The van der Waals surface area contributed by atoms with E-state index >= 15 is 0 Å². The molecule has 4 unspecified atom stereocenters. The Labute approximate surface area is 96.2 Å². The molecule has 2 aliphatic heterocycles. The van der Waals surface area contributed by atoms with E-state index in [0.717, 1.165) is 5.92 Å². The molecule has 1 nitrogen and oxygen atoms in total. The van der Waals surface area contributed by atoms with Crippen molar-refractivity contribution in [3.63, 3.8) is 0 Å². The van der Waals surface area contributed by atoms with Crippen LogP contribution in [-0.2, 0) is 0 Å². The molecule has 0 amide bonds. The van der Waals surface area contributed by atoms with Crippen molar-refractivity contribution in [2.75, 3.05) is 13.1 Å². The lowest BCUT2D eigenvalue weighted by Crippen LogP contribution is -2.42. The topological polar surface area (TPSA) is 3.24 Å². The summed E-state index contributed by atoms with van der Waals surface area (Å²) in [5, 5.41) is 0.555. The van der Waals surface area contributed by atoms with E-state index in [1.54, 1.807) is 0 Å². The molecule has 0 aromatic carbocycles. The van der Waals surface area contributed by atoms with Crippen LogP contribution in [0.3, 0.4) is 0 Å². The summed E-state index contributed by atoms with van der Waals surface area (Å²) in [6, 6.07) is 0. The van der Waals surface area contributed by atoms with E-state index in [1.165, 1.54) is 38.8 Å². The van der Waals surface area contributed by atoms with Gasteiger partial charge in [0, 0.05) is 12.1 Å². The lowest BCUT2D eigenvalue weighted by molar-refractivity contribution is 0.136. The van der Waals surface area contributed by atoms with E-state index in [0.29, 0.717) is 16.1 Å². The molecule has 3 rings (SSSR count). The van der Waals surface area contributed by atoms with Crippen LogP contribution in [0.1, 0.15) is 46.5 Å². The molecule has 86 valence electrons. The number of rotatable bonds is 1. The van der Waals surface area contributed by atoms with Gasteiger partial charge in [-0.15, -0.1) is 9.24 Å². The Morgan fingerprint density at radius 2 is 1.93 bits per heavy atom. The number of hydrogen-bond acceptors (Lipinski definition) is 1. The second-order valence-electron chi connectivity index (χ2n) is 6.83. The Bertz CT molecular complexity index is 299. The molecule has 2 heteroatoms. The molecule has 0 N–H and O–H groups in total. The SMILES string of the molecule is CC(C)C12CCCN1CC1(C2)CC1(C)P. The van der Waals surface area contributed by atoms with Crippen LogP contribution in [0.2, 0.25) is 0 Å². The molecule has 0 aromatic rings. The van der Waals surface area contributed by atoms with E-state index in [2.05, 4.69) is 34.9 Å². The maximum Gasteiger partial charge on any atom is 0.0239 e. The van der Waals surface area contributed by atoms with Gasteiger partial charge in [0.2, 0.25) is 0 Å².